The van der Waals surface area contributed by atoms with Crippen molar-refractivity contribution in [1.29, 1.82) is 0 Å². The zero-order valence-electron chi connectivity index (χ0n) is 22.3. The van der Waals surface area contributed by atoms with Crippen molar-refractivity contribution in [2.24, 2.45) is 21.8 Å². The van der Waals surface area contributed by atoms with E-state index in [1.54, 1.807) is 0 Å². The molecule has 0 fully saturated rings. The molecule has 0 aromatic heterocycles. The molecule has 0 N–H and O–H groups in total. The Morgan fingerprint density at radius 3 is 1.57 bits per heavy atom. The highest BCUT2D eigenvalue weighted by molar-refractivity contribution is 7.80. The summed E-state index contributed by atoms with van der Waals surface area (Å²) in [7, 11) is -0.908. The number of hydrogen-bond donors (Lipinski definition) is 0. The van der Waals surface area contributed by atoms with E-state index in [-0.39, 0.29) is 12.1 Å². The molecule has 2 heterocycles. The van der Waals surface area contributed by atoms with Crippen LogP contribution in [0.3, 0.4) is 0 Å². The Bertz CT molecular complexity index is 1190. The van der Waals surface area contributed by atoms with Gasteiger partial charge < -0.3 is 9.47 Å². The van der Waals surface area contributed by atoms with Crippen molar-refractivity contribution in [3.05, 3.63) is 90.0 Å². The summed E-state index contributed by atoms with van der Waals surface area (Å²) in [4.78, 5) is 10.1. The van der Waals surface area contributed by atoms with Crippen molar-refractivity contribution in [1.82, 2.24) is 0 Å². The van der Waals surface area contributed by atoms with Gasteiger partial charge in [0.1, 0.15) is 13.2 Å². The lowest BCUT2D eigenvalue weighted by Gasteiger charge is -2.24. The average Bonchev–Trinajstić information content (AvgIpc) is 3.64. The van der Waals surface area contributed by atoms with Crippen LogP contribution in [0.25, 0.3) is 0 Å². The number of benzene rings is 3. The highest BCUT2D eigenvalue weighted by Crippen LogP contribution is 2.37. The molecule has 5 heteroatoms. The van der Waals surface area contributed by atoms with E-state index >= 15 is 0 Å². The maximum absolute atomic E-state index is 6.23. The second kappa shape index (κ2) is 11.6. The van der Waals surface area contributed by atoms with Crippen molar-refractivity contribution in [3.8, 4) is 0 Å². The van der Waals surface area contributed by atoms with E-state index in [4.69, 9.17) is 19.5 Å². The van der Waals surface area contributed by atoms with Gasteiger partial charge in [-0.15, -0.1) is 0 Å². The van der Waals surface area contributed by atoms with E-state index in [0.29, 0.717) is 25.0 Å². The van der Waals surface area contributed by atoms with Crippen LogP contribution in [0.5, 0.6) is 0 Å². The molecule has 0 saturated heterocycles. The first-order valence-electron chi connectivity index (χ1n) is 13.6. The fourth-order valence-electron chi connectivity index (χ4n) is 4.88. The zero-order chi connectivity index (χ0) is 25.8. The topological polar surface area (TPSA) is 43.2 Å². The molecule has 37 heavy (non-hydrogen) atoms. The molecular weight excluding hydrogens is 475 g/mol. The third-order valence-electron chi connectivity index (χ3n) is 7.71. The molecule has 3 aromatic rings. The van der Waals surface area contributed by atoms with Crippen molar-refractivity contribution in [2.45, 2.75) is 52.6 Å². The molecule has 3 aromatic carbocycles. The first kappa shape index (κ1) is 25.7. The van der Waals surface area contributed by atoms with Gasteiger partial charge in [-0.1, -0.05) is 107 Å². The summed E-state index contributed by atoms with van der Waals surface area (Å²) in [6.45, 7) is 10.3. The van der Waals surface area contributed by atoms with Gasteiger partial charge in [-0.2, -0.15) is 0 Å². The molecule has 0 amide bonds. The summed E-state index contributed by atoms with van der Waals surface area (Å²) < 4.78 is 12.5. The van der Waals surface area contributed by atoms with Crippen LogP contribution in [-0.2, 0) is 9.47 Å². The van der Waals surface area contributed by atoms with Crippen LogP contribution in [-0.4, -0.2) is 37.1 Å². The average molecular weight is 513 g/mol. The second-order valence-electron chi connectivity index (χ2n) is 10.1. The summed E-state index contributed by atoms with van der Waals surface area (Å²) in [5.41, 5.74) is 2.18. The third kappa shape index (κ3) is 5.36. The fraction of sp³-hybridized carbons (Fsp3) is 0.375. The molecule has 2 aliphatic heterocycles. The Morgan fingerprint density at radius 1 is 0.676 bits per heavy atom. The lowest BCUT2D eigenvalue weighted by Crippen LogP contribution is -2.28. The van der Waals surface area contributed by atoms with Crippen LogP contribution in [0.2, 0.25) is 0 Å². The van der Waals surface area contributed by atoms with Gasteiger partial charge in [0.05, 0.1) is 12.1 Å². The van der Waals surface area contributed by atoms with E-state index in [1.165, 1.54) is 15.9 Å². The molecule has 2 aliphatic rings. The minimum absolute atomic E-state index is 0.210. The van der Waals surface area contributed by atoms with Gasteiger partial charge in [0, 0.05) is 11.1 Å². The molecule has 0 spiro atoms. The standard InChI is InChI=1S/C32H37N2O2P/c1-5-22(3)27-20-35-31(33-27)25-16-10-12-18-29(25)37(24-14-8-7-9-15-24)30-19-13-11-17-26(30)32-34-28(21-36-32)23(4)6-2/h7-19,22-23,27-28H,5-6,20-21H2,1-4H3/t22-,23-,27+,28+/m0/s1. The molecule has 0 saturated carbocycles. The smallest absolute Gasteiger partial charge is 0.217 e. The second-order valence-corrected chi connectivity index (χ2v) is 12.3. The van der Waals surface area contributed by atoms with E-state index in [2.05, 4.69) is 107 Å². The maximum atomic E-state index is 6.23. The molecule has 0 radical (unpaired) electrons. The van der Waals surface area contributed by atoms with E-state index in [0.717, 1.165) is 35.8 Å². The maximum Gasteiger partial charge on any atom is 0.217 e. The Morgan fingerprint density at radius 2 is 1.11 bits per heavy atom. The monoisotopic (exact) mass is 512 g/mol. The number of rotatable bonds is 9. The summed E-state index contributed by atoms with van der Waals surface area (Å²) in [5.74, 6) is 2.54. The summed E-state index contributed by atoms with van der Waals surface area (Å²) >= 11 is 0. The lowest BCUT2D eigenvalue weighted by atomic mass is 10.0. The molecule has 4 atom stereocenters. The van der Waals surface area contributed by atoms with Crippen LogP contribution in [0.4, 0.5) is 0 Å². The third-order valence-corrected chi connectivity index (χ3v) is 10.3. The summed E-state index contributed by atoms with van der Waals surface area (Å²) in [5, 5.41) is 3.78. The highest BCUT2D eigenvalue weighted by atomic mass is 31.1. The molecular formula is C32H37N2O2P. The molecule has 0 unspecified atom stereocenters. The van der Waals surface area contributed by atoms with Gasteiger partial charge in [-0.25, -0.2) is 9.98 Å². The Kier molecular flexibility index (Phi) is 8.05. The number of hydrogen-bond acceptors (Lipinski definition) is 4. The molecule has 4 nitrogen and oxygen atoms in total. The minimum Gasteiger partial charge on any atom is -0.475 e. The van der Waals surface area contributed by atoms with Crippen LogP contribution >= 0.6 is 7.92 Å². The van der Waals surface area contributed by atoms with Crippen molar-refractivity contribution >= 4 is 35.6 Å². The van der Waals surface area contributed by atoms with Crippen molar-refractivity contribution in [3.63, 3.8) is 0 Å². The molecule has 192 valence electrons. The predicted octanol–water partition coefficient (Wildman–Crippen LogP) is 5.83. The van der Waals surface area contributed by atoms with E-state index in [9.17, 15) is 0 Å². The van der Waals surface area contributed by atoms with Crippen LogP contribution in [0.1, 0.15) is 51.7 Å². The van der Waals surface area contributed by atoms with E-state index < -0.39 is 7.92 Å². The van der Waals surface area contributed by atoms with Gasteiger partial charge in [0.15, 0.2) is 0 Å². The molecule has 0 aliphatic carbocycles. The predicted molar refractivity (Wildman–Crippen MR) is 157 cm³/mol. The molecule has 5 rings (SSSR count). The van der Waals surface area contributed by atoms with Crippen LogP contribution in [0, 0.1) is 11.8 Å². The normalized spacial score (nSPS) is 20.7. The summed E-state index contributed by atoms with van der Waals surface area (Å²) in [6, 6.07) is 28.5. The Hall–Kier alpha value is -2.97. The quantitative estimate of drug-likeness (QED) is 0.339. The van der Waals surface area contributed by atoms with Gasteiger partial charge in [-0.3, -0.25) is 0 Å². The SMILES string of the molecule is CC[C@H](C)[C@H]1COC(c2ccccc2P(c2ccccc2)c2ccccc2C2=N[C@@H]([C@@H](C)CC)CO2)=N1. The fourth-order valence-corrected chi connectivity index (χ4v) is 7.46. The molecule has 0 bridgehead atoms. The van der Waals surface area contributed by atoms with Gasteiger partial charge >= 0.3 is 0 Å². The van der Waals surface area contributed by atoms with E-state index in [1.807, 2.05) is 0 Å². The number of nitrogens with zero attached hydrogens (tertiary/aromatic N) is 2. The number of aliphatic imine (C=N–C) groups is 2. The highest BCUT2D eigenvalue weighted by Gasteiger charge is 2.31. The van der Waals surface area contributed by atoms with Gasteiger partial charge in [0.2, 0.25) is 11.8 Å². The first-order chi connectivity index (χ1) is 18.1. The lowest BCUT2D eigenvalue weighted by molar-refractivity contribution is 0.282. The Labute approximate surface area is 222 Å². The zero-order valence-corrected chi connectivity index (χ0v) is 23.2. The van der Waals surface area contributed by atoms with Crippen LogP contribution < -0.4 is 15.9 Å². The Balaban J connectivity index is 1.63. The largest absolute Gasteiger partial charge is 0.475 e. The minimum atomic E-state index is -0.908. The number of ether oxygens (including phenoxy) is 2. The van der Waals surface area contributed by atoms with Gasteiger partial charge in [0.25, 0.3) is 0 Å². The first-order valence-corrected chi connectivity index (χ1v) is 14.9. The van der Waals surface area contributed by atoms with Gasteiger partial charge in [-0.05, 0) is 47.8 Å². The van der Waals surface area contributed by atoms with Crippen LogP contribution in [0.15, 0.2) is 88.8 Å². The summed E-state index contributed by atoms with van der Waals surface area (Å²) in [6.07, 6.45) is 2.19. The van der Waals surface area contributed by atoms with Crippen molar-refractivity contribution in [2.75, 3.05) is 13.2 Å². The van der Waals surface area contributed by atoms with Crippen molar-refractivity contribution < 1.29 is 9.47 Å².